The van der Waals surface area contributed by atoms with E-state index in [1.807, 2.05) is 58.5 Å². The highest BCUT2D eigenvalue weighted by atomic mass is 32.1. The number of rotatable bonds is 9. The highest BCUT2D eigenvalue weighted by Gasteiger charge is 2.39. The van der Waals surface area contributed by atoms with Gasteiger partial charge in [-0.25, -0.2) is 0 Å². The largest absolute Gasteiger partial charge is 0.461 e. The number of hydrogen-bond acceptors (Lipinski definition) is 7. The number of furan rings is 1. The first kappa shape index (κ1) is 22.1. The van der Waals surface area contributed by atoms with Crippen molar-refractivity contribution in [3.8, 4) is 0 Å². The summed E-state index contributed by atoms with van der Waals surface area (Å²) >= 11 is 4.93. The fourth-order valence-electron chi connectivity index (χ4n) is 4.26. The van der Waals surface area contributed by atoms with E-state index in [0.717, 1.165) is 48.1 Å². The monoisotopic (exact) mass is 485 g/mol. The number of thiophene rings is 3. The fourth-order valence-corrected chi connectivity index (χ4v) is 6.94. The fraction of sp³-hybridized carbons (Fsp3) is 0.360. The summed E-state index contributed by atoms with van der Waals surface area (Å²) in [7, 11) is 0. The highest BCUT2D eigenvalue weighted by Crippen LogP contribution is 2.41. The molecule has 4 nitrogen and oxygen atoms in total. The summed E-state index contributed by atoms with van der Waals surface area (Å²) in [6.07, 6.45) is 2.52. The van der Waals surface area contributed by atoms with E-state index in [1.165, 1.54) is 9.75 Å². The van der Waals surface area contributed by atoms with Gasteiger partial charge < -0.3 is 14.3 Å². The average molecular weight is 486 g/mol. The molecule has 0 spiro atoms. The maximum absolute atomic E-state index is 11.8. The van der Waals surface area contributed by atoms with E-state index in [2.05, 4.69) is 24.0 Å². The second-order valence-electron chi connectivity index (χ2n) is 8.25. The van der Waals surface area contributed by atoms with Crippen LogP contribution in [0.1, 0.15) is 43.9 Å². The van der Waals surface area contributed by atoms with Gasteiger partial charge in [-0.3, -0.25) is 4.90 Å². The van der Waals surface area contributed by atoms with Crippen LogP contribution in [0, 0.1) is 6.92 Å². The van der Waals surface area contributed by atoms with Crippen LogP contribution in [-0.2, 0) is 23.4 Å². The molecule has 1 aliphatic rings. The quantitative estimate of drug-likeness (QED) is 0.305. The molecule has 1 N–H and O–H groups in total. The molecule has 1 atom stereocenters. The minimum Gasteiger partial charge on any atom is -0.461 e. The van der Waals surface area contributed by atoms with E-state index in [4.69, 9.17) is 9.15 Å². The van der Waals surface area contributed by atoms with Crippen molar-refractivity contribution in [2.45, 2.75) is 44.6 Å². The normalized spacial score (nSPS) is 16.9. The summed E-state index contributed by atoms with van der Waals surface area (Å²) in [4.78, 5) is 6.81. The second kappa shape index (κ2) is 9.63. The topological polar surface area (TPSA) is 45.8 Å². The molecule has 0 radical (unpaired) electrons. The standard InChI is InChI=1S/C25H27NO3S3/c1-18-8-10-21(32-18)17-26(15-19-5-2-12-28-19)16-20-9-11-22(29-20)25(27,23-6-3-13-30-23)24-7-4-14-31-24/h3-4,6-11,13-14,19,27H,2,5,12,15-17H2,1H3/t19-/m1/s1. The summed E-state index contributed by atoms with van der Waals surface area (Å²) < 4.78 is 12.2. The Hall–Kier alpha value is -1.74. The van der Waals surface area contributed by atoms with Gasteiger partial charge in [0.2, 0.25) is 0 Å². The van der Waals surface area contributed by atoms with Crippen molar-refractivity contribution in [1.29, 1.82) is 0 Å². The summed E-state index contributed by atoms with van der Waals surface area (Å²) in [5, 5.41) is 15.8. The van der Waals surface area contributed by atoms with Gasteiger partial charge in [0, 0.05) is 39.2 Å². The van der Waals surface area contributed by atoms with Crippen LogP contribution in [0.25, 0.3) is 0 Å². The van der Waals surface area contributed by atoms with Crippen LogP contribution in [0.3, 0.4) is 0 Å². The van der Waals surface area contributed by atoms with Crippen LogP contribution in [0.2, 0.25) is 0 Å². The Balaban J connectivity index is 1.39. The summed E-state index contributed by atoms with van der Waals surface area (Å²) in [6.45, 7) is 5.44. The molecule has 1 fully saturated rings. The molecule has 4 aromatic heterocycles. The third-order valence-electron chi connectivity index (χ3n) is 5.81. The number of hydrogen-bond donors (Lipinski definition) is 1. The zero-order valence-electron chi connectivity index (χ0n) is 18.0. The van der Waals surface area contributed by atoms with Crippen LogP contribution >= 0.6 is 34.0 Å². The molecule has 0 aromatic carbocycles. The van der Waals surface area contributed by atoms with Crippen molar-refractivity contribution in [2.24, 2.45) is 0 Å². The van der Waals surface area contributed by atoms with Crippen LogP contribution < -0.4 is 0 Å². The van der Waals surface area contributed by atoms with E-state index in [9.17, 15) is 5.11 Å². The van der Waals surface area contributed by atoms with Crippen LogP contribution in [0.4, 0.5) is 0 Å². The molecule has 0 aliphatic carbocycles. The molecular weight excluding hydrogens is 458 g/mol. The maximum atomic E-state index is 11.8. The van der Waals surface area contributed by atoms with E-state index in [0.29, 0.717) is 12.3 Å². The Labute approximate surface area is 200 Å². The molecular formula is C25H27NO3S3. The van der Waals surface area contributed by atoms with Crippen LogP contribution in [0.15, 0.2) is 63.7 Å². The first-order valence-corrected chi connectivity index (χ1v) is 13.5. The molecule has 1 saturated heterocycles. The third-order valence-corrected chi connectivity index (χ3v) is 8.76. The number of ether oxygens (including phenoxy) is 1. The van der Waals surface area contributed by atoms with Gasteiger partial charge >= 0.3 is 0 Å². The van der Waals surface area contributed by atoms with Gasteiger partial charge in [0.05, 0.1) is 12.6 Å². The van der Waals surface area contributed by atoms with Crippen molar-refractivity contribution < 1.29 is 14.3 Å². The molecule has 7 heteroatoms. The van der Waals surface area contributed by atoms with Crippen molar-refractivity contribution >= 4 is 34.0 Å². The number of aliphatic hydroxyl groups is 1. The maximum Gasteiger partial charge on any atom is 0.191 e. The zero-order chi connectivity index (χ0) is 22.0. The Morgan fingerprint density at radius 2 is 1.81 bits per heavy atom. The summed E-state index contributed by atoms with van der Waals surface area (Å²) in [5.74, 6) is 1.43. The molecule has 168 valence electrons. The van der Waals surface area contributed by atoms with Gasteiger partial charge in [-0.05, 0) is 66.9 Å². The van der Waals surface area contributed by atoms with Crippen molar-refractivity contribution in [1.82, 2.24) is 4.90 Å². The lowest BCUT2D eigenvalue weighted by atomic mass is 9.97. The van der Waals surface area contributed by atoms with E-state index in [-0.39, 0.29) is 6.10 Å². The molecule has 0 bridgehead atoms. The Morgan fingerprint density at radius 1 is 1.03 bits per heavy atom. The lowest BCUT2D eigenvalue weighted by molar-refractivity contribution is 0.0638. The van der Waals surface area contributed by atoms with E-state index in [1.54, 1.807) is 22.7 Å². The third kappa shape index (κ3) is 4.64. The number of nitrogens with zero attached hydrogens (tertiary/aromatic N) is 1. The van der Waals surface area contributed by atoms with Crippen molar-refractivity contribution in [3.05, 3.63) is 90.3 Å². The molecule has 0 amide bonds. The highest BCUT2D eigenvalue weighted by molar-refractivity contribution is 7.12. The minimum absolute atomic E-state index is 0.277. The van der Waals surface area contributed by atoms with Gasteiger partial charge in [0.1, 0.15) is 11.5 Å². The molecule has 1 aliphatic heterocycles. The van der Waals surface area contributed by atoms with Crippen LogP contribution in [-0.4, -0.2) is 29.3 Å². The molecule has 5 rings (SSSR count). The molecule has 5 heterocycles. The Bertz CT molecular complexity index is 1070. The molecule has 0 unspecified atom stereocenters. The van der Waals surface area contributed by atoms with Gasteiger partial charge in [-0.15, -0.1) is 34.0 Å². The van der Waals surface area contributed by atoms with Gasteiger partial charge in [0.15, 0.2) is 5.60 Å². The zero-order valence-corrected chi connectivity index (χ0v) is 20.5. The Kier molecular flexibility index (Phi) is 6.64. The predicted molar refractivity (Wildman–Crippen MR) is 132 cm³/mol. The average Bonchev–Trinajstić information content (AvgIpc) is 3.60. The first-order chi connectivity index (χ1) is 15.6. The summed E-state index contributed by atoms with van der Waals surface area (Å²) in [5.41, 5.74) is -1.26. The van der Waals surface area contributed by atoms with Gasteiger partial charge in [-0.1, -0.05) is 12.1 Å². The van der Waals surface area contributed by atoms with Gasteiger partial charge in [-0.2, -0.15) is 0 Å². The van der Waals surface area contributed by atoms with E-state index >= 15 is 0 Å². The minimum atomic E-state index is -1.26. The van der Waals surface area contributed by atoms with E-state index < -0.39 is 5.60 Å². The molecule has 0 saturated carbocycles. The van der Waals surface area contributed by atoms with Crippen LogP contribution in [0.5, 0.6) is 0 Å². The predicted octanol–water partition coefficient (Wildman–Crippen LogP) is 6.24. The summed E-state index contributed by atoms with van der Waals surface area (Å²) in [6, 6.07) is 16.2. The van der Waals surface area contributed by atoms with Crippen molar-refractivity contribution in [3.63, 3.8) is 0 Å². The lowest BCUT2D eigenvalue weighted by Gasteiger charge is -2.25. The Morgan fingerprint density at radius 3 is 2.41 bits per heavy atom. The SMILES string of the molecule is Cc1ccc(CN(Cc2ccc(C(O)(c3cccs3)c3cccs3)o2)C[C@H]2CCCO2)s1. The van der Waals surface area contributed by atoms with Gasteiger partial charge in [0.25, 0.3) is 0 Å². The number of aryl methyl sites for hydroxylation is 1. The second-order valence-corrected chi connectivity index (χ2v) is 11.5. The van der Waals surface area contributed by atoms with Crippen molar-refractivity contribution in [2.75, 3.05) is 13.2 Å². The molecule has 32 heavy (non-hydrogen) atoms. The first-order valence-electron chi connectivity index (χ1n) is 10.9. The lowest BCUT2D eigenvalue weighted by Crippen LogP contribution is -2.31. The smallest absolute Gasteiger partial charge is 0.191 e. The molecule has 4 aromatic rings.